The molecule has 0 spiro atoms. The smallest absolute Gasteiger partial charge is 0.180 e. The molecule has 6 aromatic rings. The molecule has 4 unspecified atom stereocenters. The normalized spacial score (nSPS) is 13.6. The third-order valence-electron chi connectivity index (χ3n) is 27.0. The van der Waals surface area contributed by atoms with Crippen molar-refractivity contribution < 1.29 is 37.9 Å². The molecule has 3 aromatic carbocycles. The zero-order valence-corrected chi connectivity index (χ0v) is 82.6. The Morgan fingerprint density at radius 1 is 0.258 bits per heavy atom. The van der Waals surface area contributed by atoms with Gasteiger partial charge in [-0.15, -0.1) is 22.7 Å². The van der Waals surface area contributed by atoms with Crippen molar-refractivity contribution in [2.45, 2.75) is 466 Å². The molecule has 0 N–H and O–H groups in total. The predicted octanol–water partition coefficient (Wildman–Crippen LogP) is 37.1. The number of benzene rings is 3. The van der Waals surface area contributed by atoms with Crippen LogP contribution in [0.5, 0.6) is 46.0 Å². The third kappa shape index (κ3) is 40.0. The van der Waals surface area contributed by atoms with Gasteiger partial charge in [0, 0.05) is 33.0 Å². The van der Waals surface area contributed by atoms with Gasteiger partial charge in [0.15, 0.2) is 46.0 Å². The summed E-state index contributed by atoms with van der Waals surface area (Å²) in [6.45, 7) is 23.3. The summed E-state index contributed by atoms with van der Waals surface area (Å²) in [6, 6.07) is 18.1. The van der Waals surface area contributed by atoms with Crippen molar-refractivity contribution in [1.82, 2.24) is 9.97 Å². The second-order valence-corrected chi connectivity index (χ2v) is 39.8. The first-order chi connectivity index (χ1) is 61.3. The molecule has 0 aliphatic carbocycles. The van der Waals surface area contributed by atoms with Gasteiger partial charge in [0.2, 0.25) is 0 Å². The lowest BCUT2D eigenvalue weighted by Crippen LogP contribution is -2.15. The molecule has 0 saturated heterocycles. The zero-order chi connectivity index (χ0) is 87.2. The summed E-state index contributed by atoms with van der Waals surface area (Å²) in [6.07, 6.45) is 82.9. The third-order valence-corrected chi connectivity index (χ3v) is 28.9. The van der Waals surface area contributed by atoms with Crippen LogP contribution in [0.1, 0.15) is 466 Å². The summed E-state index contributed by atoms with van der Waals surface area (Å²) in [4.78, 5) is 14.3. The monoisotopic (exact) mass is 1750 g/mol. The second kappa shape index (κ2) is 67.1. The highest BCUT2D eigenvalue weighted by Crippen LogP contribution is 2.53. The number of hydrogen-bond acceptors (Lipinski definition) is 12. The van der Waals surface area contributed by atoms with E-state index >= 15 is 0 Å². The lowest BCUT2D eigenvalue weighted by Gasteiger charge is -2.23. The van der Waals surface area contributed by atoms with Crippen LogP contribution in [0, 0.1) is 23.7 Å². The van der Waals surface area contributed by atoms with Crippen LogP contribution in [0.4, 0.5) is 0 Å². The van der Waals surface area contributed by atoms with Crippen LogP contribution in [0.25, 0.3) is 54.4 Å². The van der Waals surface area contributed by atoms with Gasteiger partial charge in [0.1, 0.15) is 26.4 Å². The van der Waals surface area contributed by atoms with Crippen LogP contribution in [-0.4, -0.2) is 62.8 Å². The maximum absolute atomic E-state index is 7.59. The average molecular weight is 1750 g/mol. The highest BCUT2D eigenvalue weighted by molar-refractivity contribution is 7.15. The van der Waals surface area contributed by atoms with E-state index in [0.717, 1.165) is 100 Å². The van der Waals surface area contributed by atoms with Gasteiger partial charge in [-0.2, -0.15) is 0 Å². The van der Waals surface area contributed by atoms with Crippen molar-refractivity contribution in [3.8, 4) is 89.4 Å². The summed E-state index contributed by atoms with van der Waals surface area (Å²) in [7, 11) is 0. The molecule has 0 fully saturated rings. The van der Waals surface area contributed by atoms with E-state index in [1.54, 1.807) is 22.7 Å². The first kappa shape index (κ1) is 104. The van der Waals surface area contributed by atoms with Crippen molar-refractivity contribution in [1.29, 1.82) is 0 Å². The largest absolute Gasteiger partial charge is 0.489 e. The summed E-state index contributed by atoms with van der Waals surface area (Å²) < 4.78 is 55.9. The number of ether oxygens (including phenoxy) is 8. The summed E-state index contributed by atoms with van der Waals surface area (Å²) >= 11 is 3.30. The molecule has 124 heavy (non-hydrogen) atoms. The van der Waals surface area contributed by atoms with Crippen LogP contribution in [0.2, 0.25) is 0 Å². The Morgan fingerprint density at radius 3 is 0.718 bits per heavy atom. The Labute approximate surface area is 768 Å². The van der Waals surface area contributed by atoms with E-state index in [1.807, 2.05) is 0 Å². The molecule has 8 rings (SSSR count). The van der Waals surface area contributed by atoms with Gasteiger partial charge in [0.05, 0.1) is 58.6 Å². The molecule has 0 amide bonds. The van der Waals surface area contributed by atoms with Crippen LogP contribution < -0.4 is 37.9 Å². The molecule has 10 nitrogen and oxygen atoms in total. The number of aromatic nitrogens is 2. The minimum Gasteiger partial charge on any atom is -0.489 e. The second-order valence-electron chi connectivity index (χ2n) is 38.0. The molecule has 12 heteroatoms. The number of rotatable bonds is 80. The summed E-state index contributed by atoms with van der Waals surface area (Å²) in [5.74, 6) is 8.16. The first-order valence-corrected chi connectivity index (χ1v) is 55.0. The Morgan fingerprint density at radius 2 is 0.476 bits per heavy atom. The highest BCUT2D eigenvalue weighted by atomic mass is 32.1. The molecular formula is C112H182N2O8S2. The van der Waals surface area contributed by atoms with Gasteiger partial charge in [-0.25, -0.2) is 9.97 Å². The summed E-state index contributed by atoms with van der Waals surface area (Å²) in [5, 5.41) is 4.20. The van der Waals surface area contributed by atoms with Crippen molar-refractivity contribution in [2.24, 2.45) is 23.7 Å². The number of hydrogen-bond donors (Lipinski definition) is 0. The van der Waals surface area contributed by atoms with Crippen molar-refractivity contribution in [2.75, 3.05) is 52.9 Å². The van der Waals surface area contributed by atoms with Gasteiger partial charge in [-0.1, -0.05) is 427 Å². The molecule has 0 bridgehead atoms. The van der Waals surface area contributed by atoms with Crippen LogP contribution >= 0.6 is 22.7 Å². The van der Waals surface area contributed by atoms with Crippen LogP contribution in [0.3, 0.4) is 0 Å². The van der Waals surface area contributed by atoms with E-state index in [4.69, 9.17) is 47.9 Å². The molecule has 2 aliphatic heterocycles. The Kier molecular flexibility index (Phi) is 56.3. The Bertz CT molecular complexity index is 3410. The van der Waals surface area contributed by atoms with E-state index in [0.29, 0.717) is 76.5 Å². The van der Waals surface area contributed by atoms with Crippen molar-refractivity contribution in [3.63, 3.8) is 0 Å². The highest BCUT2D eigenvalue weighted by Gasteiger charge is 2.30. The van der Waals surface area contributed by atoms with Crippen molar-refractivity contribution >= 4 is 33.7 Å². The number of nitrogens with zero attached hydrogens (tertiary/aromatic N) is 2. The topological polar surface area (TPSA) is 99.6 Å². The van der Waals surface area contributed by atoms with E-state index in [1.165, 1.54) is 411 Å². The lowest BCUT2D eigenvalue weighted by molar-refractivity contribution is 0.174. The average Bonchev–Trinajstić information content (AvgIpc) is 1.28. The predicted molar refractivity (Wildman–Crippen MR) is 536 cm³/mol. The number of unbranched alkanes of at least 4 members (excludes halogenated alkanes) is 48. The summed E-state index contributed by atoms with van der Waals surface area (Å²) in [5.41, 5.74) is 6.87. The molecule has 0 radical (unpaired) electrons. The van der Waals surface area contributed by atoms with Gasteiger partial charge < -0.3 is 37.9 Å². The fourth-order valence-corrected chi connectivity index (χ4v) is 20.9. The van der Waals surface area contributed by atoms with Crippen molar-refractivity contribution in [3.05, 3.63) is 59.3 Å². The van der Waals surface area contributed by atoms with Gasteiger partial charge in [-0.3, -0.25) is 0 Å². The molecule has 700 valence electrons. The minimum atomic E-state index is 0.434. The molecule has 4 atom stereocenters. The quantitative estimate of drug-likeness (QED) is 0.0343. The van der Waals surface area contributed by atoms with E-state index in [9.17, 15) is 0 Å². The molecule has 3 aromatic heterocycles. The van der Waals surface area contributed by atoms with E-state index < -0.39 is 0 Å². The SMILES string of the molecule is CCCCCCCCCCC(CCCCCCCC)COc1ccc(-c2nc3c(-c4scc5c4OCCO5)ccc(-c4scc5c4OCCO5)c3nc2-c2ccc(OCC(CCCCCCCC)CCCCCCCCCC)c(OCC(CCCCCCCC)CCCCCCCCCC)c2)cc1OCC(CCCCCCCC)CCCCCCCCCC. The fraction of sp³-hybridized carbons (Fsp3) is 0.750. The molecule has 0 saturated carbocycles. The van der Waals surface area contributed by atoms with E-state index in [-0.39, 0.29) is 0 Å². The lowest BCUT2D eigenvalue weighted by atomic mass is 9.94. The van der Waals surface area contributed by atoms with E-state index in [2.05, 4.69) is 115 Å². The molecular weight excluding hydrogens is 1570 g/mol. The maximum atomic E-state index is 7.59. The van der Waals surface area contributed by atoms with Crippen LogP contribution in [0.15, 0.2) is 59.3 Å². The van der Waals surface area contributed by atoms with Gasteiger partial charge >= 0.3 is 0 Å². The fourth-order valence-electron chi connectivity index (χ4n) is 19.0. The molecule has 5 heterocycles. The number of thiophene rings is 2. The van der Waals surface area contributed by atoms with Gasteiger partial charge in [0.25, 0.3) is 0 Å². The minimum absolute atomic E-state index is 0.434. The Balaban J connectivity index is 1.30. The zero-order valence-electron chi connectivity index (χ0n) is 81.0. The number of fused-ring (bicyclic) bond motifs is 3. The first-order valence-electron chi connectivity index (χ1n) is 53.2. The molecule has 2 aliphatic rings. The van der Waals surface area contributed by atoms with Gasteiger partial charge in [-0.05, 0) is 111 Å². The van der Waals surface area contributed by atoms with Crippen LogP contribution in [-0.2, 0) is 0 Å². The maximum Gasteiger partial charge on any atom is 0.180 e. The standard InChI is InChI=1S/C112H182N2O8S2/c1-9-17-25-33-41-45-53-61-67-91(65-57-49-37-29-21-13-5)85-119-99-77-73-95(83-101(99)121-87-93(69-59-51-39-31-23-15-7)71-63-55-47-43-35-27-19-11-3)105-106(114-108-98(112-110-104(90-124-112)116-80-82-118-110)76-75-97(107(108)113-105)111-109-103(89-123-111)115-79-81-117-109)96-74-78-100(120-86-92(66-58-50-38-30-22-14-6)68-62-54-46-42-34-26-18-10-2)102(84-96)122-88-94(70-60-52-40-32-24-16-8)72-64-56-48-44-36-28-20-12-4/h73-78,83-84,89-94H,9-72,79-82,85-88H2,1-8H3. The Hall–Kier alpha value is -5.20.